The van der Waals surface area contributed by atoms with E-state index in [1.807, 2.05) is 19.1 Å². The Labute approximate surface area is 53.5 Å². The lowest BCUT2D eigenvalue weighted by Crippen LogP contribution is -2.55. The molecule has 0 aromatic heterocycles. The second kappa shape index (κ2) is 2.40. The Kier molecular flexibility index (Phi) is 1.58. The second-order valence-electron chi connectivity index (χ2n) is 1.97. The SMILES string of the molecule is Cc1ccc([NH+]=O)cc1. The summed E-state index contributed by atoms with van der Waals surface area (Å²) in [6.07, 6.45) is 0. The van der Waals surface area contributed by atoms with Gasteiger partial charge in [-0.25, -0.2) is 0 Å². The average molecular weight is 122 g/mol. The summed E-state index contributed by atoms with van der Waals surface area (Å²) in [7, 11) is 0. The Hall–Kier alpha value is -1.18. The molecule has 2 nitrogen and oxygen atoms in total. The molecule has 0 spiro atoms. The molecule has 0 amide bonds. The van der Waals surface area contributed by atoms with Gasteiger partial charge in [-0.1, -0.05) is 17.7 Å². The van der Waals surface area contributed by atoms with Crippen LogP contribution in [0, 0.1) is 11.8 Å². The molecule has 1 aromatic carbocycles. The van der Waals surface area contributed by atoms with Crippen molar-refractivity contribution in [2.75, 3.05) is 0 Å². The average Bonchev–Trinajstić information content (AvgIpc) is 1.90. The monoisotopic (exact) mass is 122 g/mol. The first-order valence-electron chi connectivity index (χ1n) is 2.78. The molecule has 9 heavy (non-hydrogen) atoms. The predicted octanol–water partition coefficient (Wildman–Crippen LogP) is 0.474. The van der Waals surface area contributed by atoms with Crippen molar-refractivity contribution in [3.05, 3.63) is 34.7 Å². The zero-order valence-electron chi connectivity index (χ0n) is 5.22. The molecule has 1 rings (SSSR count). The standard InChI is InChI=1S/C7H7NO/c1-6-2-4-7(8-9)5-3-6/h2-5H,1H3/p+1. The first-order valence-corrected chi connectivity index (χ1v) is 2.78. The number of hydrogen-bond donors (Lipinski definition) is 1. The van der Waals surface area contributed by atoms with Gasteiger partial charge in [0.1, 0.15) is 0 Å². The smallest absolute Gasteiger partial charge is 0.0526 e. The zero-order valence-corrected chi connectivity index (χ0v) is 5.22. The van der Waals surface area contributed by atoms with E-state index in [-0.39, 0.29) is 0 Å². The van der Waals surface area contributed by atoms with Crippen LogP contribution < -0.4 is 5.18 Å². The third kappa shape index (κ3) is 1.35. The molecule has 1 aromatic rings. The number of aryl methyl sites for hydroxylation is 1. The van der Waals surface area contributed by atoms with Crippen LogP contribution >= 0.6 is 0 Å². The molecule has 0 aliphatic heterocycles. The van der Waals surface area contributed by atoms with Crippen LogP contribution in [0.2, 0.25) is 0 Å². The van der Waals surface area contributed by atoms with Crippen LogP contribution in [0.15, 0.2) is 24.3 Å². The molecule has 0 aliphatic carbocycles. The Morgan fingerprint density at radius 1 is 1.22 bits per heavy atom. The number of hydrogen-bond acceptors (Lipinski definition) is 1. The first kappa shape index (κ1) is 5.95. The molecule has 0 radical (unpaired) electrons. The van der Waals surface area contributed by atoms with Gasteiger partial charge in [-0.3, -0.25) is 0 Å². The van der Waals surface area contributed by atoms with Crippen molar-refractivity contribution in [1.82, 2.24) is 0 Å². The van der Waals surface area contributed by atoms with E-state index in [1.54, 1.807) is 17.3 Å². The molecule has 0 bridgehead atoms. The van der Waals surface area contributed by atoms with Gasteiger partial charge in [-0.2, -0.15) is 0 Å². The van der Waals surface area contributed by atoms with E-state index in [0.717, 1.165) is 5.56 Å². The molecular formula is C7H8NO+. The molecule has 1 N–H and O–H groups in total. The number of nitroso groups, excluding NO2 is 1. The predicted molar refractivity (Wildman–Crippen MR) is 35.2 cm³/mol. The number of rotatable bonds is 1. The summed E-state index contributed by atoms with van der Waals surface area (Å²) in [5.41, 5.74) is 1.77. The van der Waals surface area contributed by atoms with E-state index in [9.17, 15) is 4.91 Å². The summed E-state index contributed by atoms with van der Waals surface area (Å²) in [4.78, 5) is 9.99. The van der Waals surface area contributed by atoms with Crippen LogP contribution in [0.5, 0.6) is 0 Å². The molecular weight excluding hydrogens is 114 g/mol. The summed E-state index contributed by atoms with van der Waals surface area (Å²) >= 11 is 0. The fraction of sp³-hybridized carbons (Fsp3) is 0.143. The molecule has 0 heterocycles. The second-order valence-corrected chi connectivity index (χ2v) is 1.97. The molecule has 0 saturated heterocycles. The number of benzene rings is 1. The van der Waals surface area contributed by atoms with Crippen LogP contribution in [0.3, 0.4) is 0 Å². The van der Waals surface area contributed by atoms with E-state index in [0.29, 0.717) is 5.69 Å². The van der Waals surface area contributed by atoms with E-state index < -0.39 is 0 Å². The highest BCUT2D eigenvalue weighted by Crippen LogP contribution is 2.00. The third-order valence-corrected chi connectivity index (χ3v) is 1.17. The Morgan fingerprint density at radius 3 is 2.22 bits per heavy atom. The summed E-state index contributed by atoms with van der Waals surface area (Å²) in [5.74, 6) is 0. The molecule has 0 aliphatic rings. The van der Waals surface area contributed by atoms with Gasteiger partial charge in [-0.05, 0) is 6.92 Å². The lowest BCUT2D eigenvalue weighted by Gasteiger charge is -1.84. The Bertz CT molecular complexity index is 203. The zero-order chi connectivity index (χ0) is 6.69. The minimum Gasteiger partial charge on any atom is -0.0526 e. The molecule has 0 saturated carbocycles. The van der Waals surface area contributed by atoms with Crippen molar-refractivity contribution in [3.8, 4) is 0 Å². The van der Waals surface area contributed by atoms with Gasteiger partial charge >= 0.3 is 0 Å². The minimum atomic E-state index is 0.612. The maximum Gasteiger partial charge on any atom is 0.253 e. The van der Waals surface area contributed by atoms with Gasteiger partial charge in [0.05, 0.1) is 0 Å². The van der Waals surface area contributed by atoms with E-state index >= 15 is 0 Å². The quantitative estimate of drug-likeness (QED) is 0.577. The van der Waals surface area contributed by atoms with Crippen LogP contribution in [0.4, 0.5) is 5.69 Å². The van der Waals surface area contributed by atoms with Crippen LogP contribution in [0.1, 0.15) is 5.56 Å². The third-order valence-electron chi connectivity index (χ3n) is 1.17. The van der Waals surface area contributed by atoms with Gasteiger partial charge < -0.3 is 0 Å². The molecule has 0 unspecified atom stereocenters. The number of nitrogens with one attached hydrogen (secondary N) is 1. The van der Waals surface area contributed by atoms with Gasteiger partial charge in [-0.15, -0.1) is 0 Å². The van der Waals surface area contributed by atoms with Crippen molar-refractivity contribution in [1.29, 1.82) is 0 Å². The van der Waals surface area contributed by atoms with Crippen LogP contribution in [-0.4, -0.2) is 0 Å². The topological polar surface area (TPSA) is 31.0 Å². The van der Waals surface area contributed by atoms with Gasteiger partial charge in [0.2, 0.25) is 0 Å². The normalized spacial score (nSPS) is 9.00. The highest BCUT2D eigenvalue weighted by Gasteiger charge is 1.92. The van der Waals surface area contributed by atoms with Crippen molar-refractivity contribution >= 4 is 5.69 Å². The highest BCUT2D eigenvalue weighted by atomic mass is 16.3. The molecule has 2 heteroatoms. The van der Waals surface area contributed by atoms with Gasteiger partial charge in [0.15, 0.2) is 0 Å². The van der Waals surface area contributed by atoms with Crippen LogP contribution in [-0.2, 0) is 0 Å². The van der Waals surface area contributed by atoms with Crippen molar-refractivity contribution in [3.63, 3.8) is 0 Å². The molecule has 0 fully saturated rings. The lowest BCUT2D eigenvalue weighted by molar-refractivity contribution is -0.379. The summed E-state index contributed by atoms with van der Waals surface area (Å²) in [6, 6.07) is 7.28. The summed E-state index contributed by atoms with van der Waals surface area (Å²) < 4.78 is 0. The fourth-order valence-corrected chi connectivity index (χ4v) is 0.622. The first-order chi connectivity index (χ1) is 4.33. The molecule has 0 atom stereocenters. The van der Waals surface area contributed by atoms with Crippen LogP contribution in [0.25, 0.3) is 0 Å². The largest absolute Gasteiger partial charge is 0.253 e. The summed E-state index contributed by atoms with van der Waals surface area (Å²) in [5, 5.41) is 1.80. The molecule has 46 valence electrons. The Balaban J connectivity index is 3.01. The van der Waals surface area contributed by atoms with Crippen molar-refractivity contribution in [2.24, 2.45) is 0 Å². The minimum absolute atomic E-state index is 0.612. The van der Waals surface area contributed by atoms with Gasteiger partial charge in [0.25, 0.3) is 5.69 Å². The maximum absolute atomic E-state index is 9.99. The van der Waals surface area contributed by atoms with E-state index in [1.165, 1.54) is 0 Å². The van der Waals surface area contributed by atoms with E-state index in [2.05, 4.69) is 0 Å². The highest BCUT2D eigenvalue weighted by molar-refractivity contribution is 5.30. The fourth-order valence-electron chi connectivity index (χ4n) is 0.622. The lowest BCUT2D eigenvalue weighted by atomic mass is 10.2. The Morgan fingerprint density at radius 2 is 1.78 bits per heavy atom. The van der Waals surface area contributed by atoms with Crippen molar-refractivity contribution < 1.29 is 5.18 Å². The maximum atomic E-state index is 9.99. The van der Waals surface area contributed by atoms with Gasteiger partial charge in [0, 0.05) is 22.2 Å². The van der Waals surface area contributed by atoms with E-state index in [4.69, 9.17) is 0 Å². The summed E-state index contributed by atoms with van der Waals surface area (Å²) in [6.45, 7) is 1.98. The van der Waals surface area contributed by atoms with Crippen molar-refractivity contribution in [2.45, 2.75) is 6.92 Å².